The van der Waals surface area contributed by atoms with Crippen molar-refractivity contribution in [2.24, 2.45) is 0 Å². The van der Waals surface area contributed by atoms with Gasteiger partial charge in [-0.3, -0.25) is 4.79 Å². The highest BCUT2D eigenvalue weighted by Crippen LogP contribution is 2.13. The Morgan fingerprint density at radius 1 is 1.21 bits per heavy atom. The lowest BCUT2D eigenvalue weighted by Gasteiger charge is -2.07. The molecule has 0 atom stereocenters. The molecular weight excluding hydrogens is 266 g/mol. The molecule has 19 heavy (non-hydrogen) atoms. The average molecular weight is 285 g/mol. The van der Waals surface area contributed by atoms with Crippen LogP contribution < -0.4 is 15.4 Å². The lowest BCUT2D eigenvalue weighted by Crippen LogP contribution is -2.28. The molecule has 1 rings (SSSR count). The van der Waals surface area contributed by atoms with Crippen LogP contribution in [-0.2, 0) is 14.8 Å². The SMILES string of the molecule is CCCNCC(=O)Nc1ccc(S(=O)(=O)NC)cc1. The number of hydrogen-bond acceptors (Lipinski definition) is 4. The molecule has 0 heterocycles. The van der Waals surface area contributed by atoms with Gasteiger partial charge in [-0.2, -0.15) is 0 Å². The van der Waals surface area contributed by atoms with Gasteiger partial charge in [-0.25, -0.2) is 13.1 Å². The number of rotatable bonds is 7. The van der Waals surface area contributed by atoms with Crippen molar-refractivity contribution in [3.05, 3.63) is 24.3 Å². The first-order valence-electron chi connectivity index (χ1n) is 6.03. The van der Waals surface area contributed by atoms with Gasteiger partial charge in [0.05, 0.1) is 11.4 Å². The third-order valence-corrected chi connectivity index (χ3v) is 3.86. The summed E-state index contributed by atoms with van der Waals surface area (Å²) < 4.78 is 25.2. The largest absolute Gasteiger partial charge is 0.325 e. The highest BCUT2D eigenvalue weighted by Gasteiger charge is 2.10. The number of nitrogens with one attached hydrogen (secondary N) is 3. The van der Waals surface area contributed by atoms with E-state index in [1.54, 1.807) is 12.1 Å². The topological polar surface area (TPSA) is 87.3 Å². The minimum Gasteiger partial charge on any atom is -0.325 e. The Morgan fingerprint density at radius 3 is 2.37 bits per heavy atom. The van der Waals surface area contributed by atoms with E-state index in [2.05, 4.69) is 15.4 Å². The van der Waals surface area contributed by atoms with Gasteiger partial charge in [0.15, 0.2) is 0 Å². The molecule has 0 aromatic heterocycles. The van der Waals surface area contributed by atoms with Crippen molar-refractivity contribution in [3.63, 3.8) is 0 Å². The van der Waals surface area contributed by atoms with E-state index in [0.29, 0.717) is 5.69 Å². The van der Waals surface area contributed by atoms with Crippen LogP contribution in [0.3, 0.4) is 0 Å². The Hall–Kier alpha value is -1.44. The molecule has 1 aromatic carbocycles. The Kier molecular flexibility index (Phi) is 5.94. The van der Waals surface area contributed by atoms with Gasteiger partial charge in [0.1, 0.15) is 0 Å². The molecule has 0 bridgehead atoms. The number of benzene rings is 1. The molecule has 0 fully saturated rings. The van der Waals surface area contributed by atoms with E-state index in [0.717, 1.165) is 13.0 Å². The highest BCUT2D eigenvalue weighted by molar-refractivity contribution is 7.89. The number of amides is 1. The average Bonchev–Trinajstić information content (AvgIpc) is 2.39. The van der Waals surface area contributed by atoms with Crippen molar-refractivity contribution < 1.29 is 13.2 Å². The summed E-state index contributed by atoms with van der Waals surface area (Å²) in [6.07, 6.45) is 0.962. The second kappa shape index (κ2) is 7.22. The first kappa shape index (κ1) is 15.6. The predicted molar refractivity (Wildman–Crippen MR) is 74.5 cm³/mol. The molecular formula is C12H19N3O3S. The second-order valence-corrected chi connectivity index (χ2v) is 5.84. The Balaban J connectivity index is 2.60. The van der Waals surface area contributed by atoms with Crippen molar-refractivity contribution in [2.45, 2.75) is 18.2 Å². The fourth-order valence-electron chi connectivity index (χ4n) is 1.42. The van der Waals surface area contributed by atoms with E-state index in [9.17, 15) is 13.2 Å². The third kappa shape index (κ3) is 4.98. The summed E-state index contributed by atoms with van der Waals surface area (Å²) in [5.41, 5.74) is 0.568. The van der Waals surface area contributed by atoms with Crippen molar-refractivity contribution >= 4 is 21.6 Å². The second-order valence-electron chi connectivity index (χ2n) is 3.96. The van der Waals surface area contributed by atoms with E-state index >= 15 is 0 Å². The molecule has 7 heteroatoms. The van der Waals surface area contributed by atoms with Gasteiger partial charge >= 0.3 is 0 Å². The van der Waals surface area contributed by atoms with Gasteiger partial charge in [-0.1, -0.05) is 6.92 Å². The molecule has 0 saturated carbocycles. The van der Waals surface area contributed by atoms with Crippen LogP contribution in [0.1, 0.15) is 13.3 Å². The highest BCUT2D eigenvalue weighted by atomic mass is 32.2. The lowest BCUT2D eigenvalue weighted by molar-refractivity contribution is -0.115. The van der Waals surface area contributed by atoms with E-state index in [-0.39, 0.29) is 17.3 Å². The van der Waals surface area contributed by atoms with Crippen molar-refractivity contribution in [1.82, 2.24) is 10.0 Å². The summed E-state index contributed by atoms with van der Waals surface area (Å²) in [7, 11) is -2.08. The van der Waals surface area contributed by atoms with Crippen LogP contribution >= 0.6 is 0 Å². The molecule has 0 radical (unpaired) electrons. The summed E-state index contributed by atoms with van der Waals surface area (Å²) in [4.78, 5) is 11.7. The fourth-order valence-corrected chi connectivity index (χ4v) is 2.15. The van der Waals surface area contributed by atoms with Crippen LogP contribution in [0.25, 0.3) is 0 Å². The first-order chi connectivity index (χ1) is 8.99. The van der Waals surface area contributed by atoms with Crippen molar-refractivity contribution in [3.8, 4) is 0 Å². The van der Waals surface area contributed by atoms with E-state index in [4.69, 9.17) is 0 Å². The predicted octanol–water partition coefficient (Wildman–Crippen LogP) is 0.533. The molecule has 0 saturated heterocycles. The van der Waals surface area contributed by atoms with Crippen LogP contribution in [0.2, 0.25) is 0 Å². The van der Waals surface area contributed by atoms with Crippen LogP contribution in [0.4, 0.5) is 5.69 Å². The minimum atomic E-state index is -3.44. The monoisotopic (exact) mass is 285 g/mol. The molecule has 106 valence electrons. The number of anilines is 1. The molecule has 0 aliphatic rings. The van der Waals surface area contributed by atoms with E-state index in [1.807, 2.05) is 6.92 Å². The molecule has 0 unspecified atom stereocenters. The molecule has 1 amide bonds. The van der Waals surface area contributed by atoms with Gasteiger partial charge in [-0.05, 0) is 44.3 Å². The summed E-state index contributed by atoms with van der Waals surface area (Å²) in [5.74, 6) is -0.155. The fraction of sp³-hybridized carbons (Fsp3) is 0.417. The lowest BCUT2D eigenvalue weighted by atomic mass is 10.3. The van der Waals surface area contributed by atoms with Crippen molar-refractivity contribution in [1.29, 1.82) is 0 Å². The van der Waals surface area contributed by atoms with Crippen LogP contribution in [0.15, 0.2) is 29.2 Å². The summed E-state index contributed by atoms with van der Waals surface area (Å²) >= 11 is 0. The normalized spacial score (nSPS) is 11.3. The van der Waals surface area contributed by atoms with Gasteiger partial charge in [0.25, 0.3) is 0 Å². The van der Waals surface area contributed by atoms with E-state index < -0.39 is 10.0 Å². The summed E-state index contributed by atoms with van der Waals surface area (Å²) in [5, 5.41) is 5.66. The number of carbonyl (C=O) groups is 1. The van der Waals surface area contributed by atoms with Crippen molar-refractivity contribution in [2.75, 3.05) is 25.5 Å². The zero-order valence-corrected chi connectivity index (χ0v) is 11.9. The molecule has 3 N–H and O–H groups in total. The first-order valence-corrected chi connectivity index (χ1v) is 7.52. The summed E-state index contributed by atoms with van der Waals surface area (Å²) in [6, 6.07) is 6.01. The maximum atomic E-state index is 11.5. The molecule has 6 nitrogen and oxygen atoms in total. The van der Waals surface area contributed by atoms with Gasteiger partial charge in [-0.15, -0.1) is 0 Å². The number of sulfonamides is 1. The minimum absolute atomic E-state index is 0.155. The number of carbonyl (C=O) groups excluding carboxylic acids is 1. The molecule has 1 aromatic rings. The Bertz CT molecular complexity index is 512. The van der Waals surface area contributed by atoms with E-state index in [1.165, 1.54) is 19.2 Å². The molecule has 0 spiro atoms. The maximum Gasteiger partial charge on any atom is 0.240 e. The van der Waals surface area contributed by atoms with Crippen LogP contribution in [0.5, 0.6) is 0 Å². The summed E-state index contributed by atoms with van der Waals surface area (Å²) in [6.45, 7) is 3.04. The zero-order valence-electron chi connectivity index (χ0n) is 11.1. The van der Waals surface area contributed by atoms with Crippen LogP contribution in [-0.4, -0.2) is 34.5 Å². The maximum absolute atomic E-state index is 11.5. The van der Waals surface area contributed by atoms with Crippen LogP contribution in [0, 0.1) is 0 Å². The quantitative estimate of drug-likeness (QED) is 0.638. The molecule has 0 aliphatic heterocycles. The Morgan fingerprint density at radius 2 is 1.84 bits per heavy atom. The standard InChI is InChI=1S/C12H19N3O3S/c1-3-8-14-9-12(16)15-10-4-6-11(7-5-10)19(17,18)13-2/h4-7,13-14H,3,8-9H2,1-2H3,(H,15,16). The number of hydrogen-bond donors (Lipinski definition) is 3. The smallest absolute Gasteiger partial charge is 0.240 e. The molecule has 0 aliphatic carbocycles. The zero-order chi connectivity index (χ0) is 14.3. The van der Waals surface area contributed by atoms with Gasteiger partial charge < -0.3 is 10.6 Å². The third-order valence-electron chi connectivity index (χ3n) is 2.43. The van der Waals surface area contributed by atoms with Gasteiger partial charge in [0.2, 0.25) is 15.9 Å². The van der Waals surface area contributed by atoms with Gasteiger partial charge in [0, 0.05) is 5.69 Å². The Labute approximate surface area is 113 Å².